The maximum absolute atomic E-state index is 12.9. The van der Waals surface area contributed by atoms with Crippen LogP contribution in [-0.4, -0.2) is 42.4 Å². The molecule has 186 valence electrons. The molecule has 4 nitrogen and oxygen atoms in total. The van der Waals surface area contributed by atoms with Gasteiger partial charge in [-0.15, -0.1) is 0 Å². The van der Waals surface area contributed by atoms with Crippen molar-refractivity contribution in [3.05, 3.63) is 0 Å². The van der Waals surface area contributed by atoms with Crippen molar-refractivity contribution in [2.24, 2.45) is 46.3 Å². The first-order valence-corrected chi connectivity index (χ1v) is 14.1. The van der Waals surface area contributed by atoms with Crippen LogP contribution in [0, 0.1) is 46.3 Å². The van der Waals surface area contributed by atoms with E-state index in [0.29, 0.717) is 29.5 Å². The lowest BCUT2D eigenvalue weighted by Crippen LogP contribution is -2.54. The van der Waals surface area contributed by atoms with Gasteiger partial charge in [-0.2, -0.15) is 0 Å². The normalized spacial score (nSPS) is 48.0. The smallest absolute Gasteiger partial charge is 0.307 e. The highest BCUT2D eigenvalue weighted by Gasteiger charge is 2.61. The van der Waals surface area contributed by atoms with Crippen LogP contribution in [0.5, 0.6) is 0 Å². The van der Waals surface area contributed by atoms with E-state index in [1.165, 1.54) is 38.5 Å². The highest BCUT2D eigenvalue weighted by molar-refractivity contribution is 5.79. The Morgan fingerprint density at radius 2 is 1.70 bits per heavy atom. The minimum Gasteiger partial charge on any atom is -0.462 e. The number of hydrogen-bond donors (Lipinski definition) is 0. The van der Waals surface area contributed by atoms with E-state index in [0.717, 1.165) is 69.0 Å². The number of carbonyl (C=O) groups excluding carboxylic acids is 2. The number of nitrogens with zero attached hydrogens (tertiary/aromatic N) is 1. The molecule has 0 N–H and O–H groups in total. The average Bonchev–Trinajstić information content (AvgIpc) is 3.08. The Morgan fingerprint density at radius 1 is 0.970 bits per heavy atom. The predicted octanol–water partition coefficient (Wildman–Crippen LogP) is 5.88. The van der Waals surface area contributed by atoms with E-state index in [2.05, 4.69) is 32.6 Å². The fourth-order valence-electron chi connectivity index (χ4n) is 9.63. The number of ether oxygens (including phenoxy) is 1. The molecule has 1 heterocycles. The third-order valence-electron chi connectivity index (χ3n) is 11.2. The van der Waals surface area contributed by atoms with Crippen LogP contribution >= 0.6 is 0 Å². The molecule has 5 rings (SSSR count). The van der Waals surface area contributed by atoms with E-state index in [9.17, 15) is 9.59 Å². The molecule has 0 bridgehead atoms. The van der Waals surface area contributed by atoms with Crippen molar-refractivity contribution in [2.45, 2.75) is 104 Å². The number of hydrogen-bond acceptors (Lipinski definition) is 4. The fourth-order valence-corrected chi connectivity index (χ4v) is 9.63. The lowest BCUT2D eigenvalue weighted by molar-refractivity contribution is -0.164. The van der Waals surface area contributed by atoms with Gasteiger partial charge in [-0.1, -0.05) is 27.7 Å². The van der Waals surface area contributed by atoms with Gasteiger partial charge in [-0.05, 0) is 92.3 Å². The van der Waals surface area contributed by atoms with E-state index in [4.69, 9.17) is 4.74 Å². The van der Waals surface area contributed by atoms with Crippen molar-refractivity contribution in [3.8, 4) is 0 Å². The molecule has 33 heavy (non-hydrogen) atoms. The number of piperidine rings is 1. The van der Waals surface area contributed by atoms with Gasteiger partial charge < -0.3 is 9.64 Å². The predicted molar refractivity (Wildman–Crippen MR) is 131 cm³/mol. The van der Waals surface area contributed by atoms with Crippen molar-refractivity contribution < 1.29 is 14.3 Å². The molecule has 1 saturated heterocycles. The summed E-state index contributed by atoms with van der Waals surface area (Å²) in [4.78, 5) is 27.5. The first kappa shape index (κ1) is 23.8. The summed E-state index contributed by atoms with van der Waals surface area (Å²) in [5.41, 5.74) is 0.508. The lowest BCUT2D eigenvalue weighted by Gasteiger charge is -2.60. The second-order valence-electron chi connectivity index (χ2n) is 13.5. The maximum Gasteiger partial charge on any atom is 0.307 e. The lowest BCUT2D eigenvalue weighted by atomic mass is 9.45. The van der Waals surface area contributed by atoms with Gasteiger partial charge in [0.05, 0.1) is 6.42 Å². The van der Waals surface area contributed by atoms with Gasteiger partial charge in [0.15, 0.2) is 0 Å². The summed E-state index contributed by atoms with van der Waals surface area (Å²) >= 11 is 0. The number of likely N-dealkylation sites (tertiary alicyclic amines) is 1. The molecule has 9 atom stereocenters. The van der Waals surface area contributed by atoms with Crippen molar-refractivity contribution >= 4 is 11.8 Å². The molecular weight excluding hydrogens is 410 g/mol. The van der Waals surface area contributed by atoms with Gasteiger partial charge >= 0.3 is 5.97 Å². The molecule has 5 aliphatic rings. The second-order valence-corrected chi connectivity index (χ2v) is 13.5. The maximum atomic E-state index is 12.9. The number of ketones is 1. The Morgan fingerprint density at radius 3 is 2.45 bits per heavy atom. The van der Waals surface area contributed by atoms with E-state index in [-0.39, 0.29) is 17.5 Å². The van der Waals surface area contributed by atoms with Crippen LogP contribution in [0.4, 0.5) is 0 Å². The van der Waals surface area contributed by atoms with Gasteiger partial charge in [-0.3, -0.25) is 9.59 Å². The molecule has 0 aromatic heterocycles. The highest BCUT2D eigenvalue weighted by atomic mass is 16.5. The monoisotopic (exact) mass is 457 g/mol. The molecule has 0 aromatic carbocycles. The minimum atomic E-state index is 0.0244. The standard InChI is InChI=1S/C29H47NO3/c1-19-15-20(2)18-30(17-19)14-11-27(32)33-26-8-7-24-23-6-5-21-16-22(31)9-12-28(21,3)25(23)10-13-29(24,26)4/h19-21,23-26H,5-18H2,1-4H3/t19-,20+,21-,23+,24+,25+,26-,28+,29+/m1/s1. The summed E-state index contributed by atoms with van der Waals surface area (Å²) in [6, 6.07) is 0. The summed E-state index contributed by atoms with van der Waals surface area (Å²) in [5, 5.41) is 0. The van der Waals surface area contributed by atoms with Crippen LogP contribution in [0.15, 0.2) is 0 Å². The van der Waals surface area contributed by atoms with Crippen LogP contribution in [0.25, 0.3) is 0 Å². The molecule has 0 spiro atoms. The Labute approximate surface area is 201 Å². The number of Topliss-reactive ketones (excluding diaryl/α,β-unsaturated/α-hetero) is 1. The van der Waals surface area contributed by atoms with E-state index in [1.807, 2.05) is 0 Å². The largest absolute Gasteiger partial charge is 0.462 e. The molecule has 0 radical (unpaired) electrons. The summed E-state index contributed by atoms with van der Waals surface area (Å²) < 4.78 is 6.24. The Balaban J connectivity index is 1.19. The van der Waals surface area contributed by atoms with Crippen molar-refractivity contribution in [2.75, 3.05) is 19.6 Å². The number of carbonyl (C=O) groups is 2. The molecule has 5 fully saturated rings. The van der Waals surface area contributed by atoms with Gasteiger partial charge in [-0.25, -0.2) is 0 Å². The quantitative estimate of drug-likeness (QED) is 0.495. The zero-order chi connectivity index (χ0) is 23.4. The summed E-state index contributed by atoms with van der Waals surface area (Å²) in [5.74, 6) is 4.81. The third kappa shape index (κ3) is 4.32. The number of rotatable bonds is 4. The summed E-state index contributed by atoms with van der Waals surface area (Å²) in [6.07, 6.45) is 11.9. The highest BCUT2D eigenvalue weighted by Crippen LogP contribution is 2.66. The fraction of sp³-hybridized carbons (Fsp3) is 0.931. The van der Waals surface area contributed by atoms with E-state index < -0.39 is 0 Å². The molecule has 4 heteroatoms. The molecule has 4 aliphatic carbocycles. The molecule has 0 aromatic rings. The average molecular weight is 458 g/mol. The van der Waals surface area contributed by atoms with Crippen molar-refractivity contribution in [1.82, 2.24) is 4.90 Å². The molecule has 0 unspecified atom stereocenters. The second kappa shape index (κ2) is 8.95. The SMILES string of the molecule is C[C@@H]1C[C@H](C)CN(CCC(=O)O[C@@H]2CC[C@H]3[C@@H]4CC[C@@H]5CC(=O)CC[C@]5(C)[C@H]4CC[C@]23C)C1. The molecule has 1 aliphatic heterocycles. The van der Waals surface area contributed by atoms with Crippen LogP contribution in [0.3, 0.4) is 0 Å². The zero-order valence-corrected chi connectivity index (χ0v) is 21.6. The Hall–Kier alpha value is -0.900. The number of esters is 1. The van der Waals surface area contributed by atoms with Gasteiger partial charge in [0.25, 0.3) is 0 Å². The molecule has 0 amide bonds. The van der Waals surface area contributed by atoms with Crippen LogP contribution in [-0.2, 0) is 14.3 Å². The van der Waals surface area contributed by atoms with Gasteiger partial charge in [0, 0.05) is 37.9 Å². The van der Waals surface area contributed by atoms with Crippen LogP contribution in [0.1, 0.15) is 98.3 Å². The first-order valence-electron chi connectivity index (χ1n) is 14.1. The van der Waals surface area contributed by atoms with Crippen LogP contribution < -0.4 is 0 Å². The topological polar surface area (TPSA) is 46.6 Å². The Kier molecular flexibility index (Phi) is 6.46. The minimum absolute atomic E-state index is 0.0244. The van der Waals surface area contributed by atoms with E-state index >= 15 is 0 Å². The van der Waals surface area contributed by atoms with Crippen molar-refractivity contribution in [3.63, 3.8) is 0 Å². The molecular formula is C29H47NO3. The molecule has 4 saturated carbocycles. The van der Waals surface area contributed by atoms with Gasteiger partial charge in [0.1, 0.15) is 11.9 Å². The van der Waals surface area contributed by atoms with Crippen molar-refractivity contribution in [1.29, 1.82) is 0 Å². The summed E-state index contributed by atoms with van der Waals surface area (Å²) in [6.45, 7) is 12.7. The number of fused-ring (bicyclic) bond motifs is 5. The first-order chi connectivity index (χ1) is 15.7. The van der Waals surface area contributed by atoms with Crippen LogP contribution in [0.2, 0.25) is 0 Å². The zero-order valence-electron chi connectivity index (χ0n) is 21.6. The Bertz CT molecular complexity index is 756. The van der Waals surface area contributed by atoms with E-state index in [1.54, 1.807) is 0 Å². The van der Waals surface area contributed by atoms with Gasteiger partial charge in [0.2, 0.25) is 0 Å². The third-order valence-corrected chi connectivity index (χ3v) is 11.2. The summed E-state index contributed by atoms with van der Waals surface area (Å²) in [7, 11) is 0.